The first-order valence-corrected chi connectivity index (χ1v) is 7.00. The number of nitrogens with one attached hydrogen (secondary N) is 2. The third kappa shape index (κ3) is 3.93. The van der Waals surface area contributed by atoms with E-state index in [1.165, 1.54) is 0 Å². The van der Waals surface area contributed by atoms with Gasteiger partial charge in [0.05, 0.1) is 11.3 Å². The number of nitriles is 1. The van der Waals surface area contributed by atoms with Crippen LogP contribution >= 0.6 is 0 Å². The molecule has 0 aliphatic carbocycles. The molecule has 1 heterocycles. The first-order valence-electron chi connectivity index (χ1n) is 7.00. The normalized spacial score (nSPS) is 11.5. The summed E-state index contributed by atoms with van der Waals surface area (Å²) in [6, 6.07) is 11.7. The van der Waals surface area contributed by atoms with Crippen LogP contribution < -0.4 is 10.6 Å². The molecule has 108 valence electrons. The first kappa shape index (κ1) is 14.8. The third-order valence-electron chi connectivity index (χ3n) is 3.15. The van der Waals surface area contributed by atoms with Gasteiger partial charge in [-0.3, -0.25) is 0 Å². The molecule has 0 fully saturated rings. The molecule has 0 amide bonds. The number of anilines is 3. The fourth-order valence-corrected chi connectivity index (χ4v) is 1.89. The van der Waals surface area contributed by atoms with Crippen molar-refractivity contribution in [2.45, 2.75) is 33.2 Å². The van der Waals surface area contributed by atoms with Crippen LogP contribution in [0.5, 0.6) is 0 Å². The van der Waals surface area contributed by atoms with Crippen molar-refractivity contribution >= 4 is 17.3 Å². The Balaban J connectivity index is 2.26. The SMILES string of the molecule is CCC(C)Nc1cc(Nc2ccccc2C#N)nc(C)n1. The summed E-state index contributed by atoms with van der Waals surface area (Å²) in [7, 11) is 0. The highest BCUT2D eigenvalue weighted by Crippen LogP contribution is 2.21. The zero-order valence-electron chi connectivity index (χ0n) is 12.5. The lowest BCUT2D eigenvalue weighted by Gasteiger charge is -2.14. The highest BCUT2D eigenvalue weighted by molar-refractivity contribution is 5.65. The zero-order valence-corrected chi connectivity index (χ0v) is 12.5. The predicted octanol–water partition coefficient (Wildman–Crippen LogP) is 3.61. The Morgan fingerprint density at radius 3 is 2.67 bits per heavy atom. The summed E-state index contributed by atoms with van der Waals surface area (Å²) in [5.74, 6) is 2.14. The quantitative estimate of drug-likeness (QED) is 0.875. The standard InChI is InChI=1S/C16H19N5/c1-4-11(2)18-15-9-16(20-12(3)19-15)21-14-8-6-5-7-13(14)10-17/h5-9,11H,4H2,1-3H3,(H2,18,19,20,21). The summed E-state index contributed by atoms with van der Waals surface area (Å²) in [6.45, 7) is 6.08. The van der Waals surface area contributed by atoms with E-state index in [2.05, 4.69) is 40.5 Å². The topological polar surface area (TPSA) is 73.6 Å². The van der Waals surface area contributed by atoms with Crippen molar-refractivity contribution < 1.29 is 0 Å². The lowest BCUT2D eigenvalue weighted by molar-refractivity contribution is 0.757. The molecule has 5 nitrogen and oxygen atoms in total. The van der Waals surface area contributed by atoms with Crippen molar-refractivity contribution in [2.75, 3.05) is 10.6 Å². The molecule has 0 saturated heterocycles. The Kier molecular flexibility index (Phi) is 4.72. The minimum absolute atomic E-state index is 0.346. The van der Waals surface area contributed by atoms with E-state index >= 15 is 0 Å². The summed E-state index contributed by atoms with van der Waals surface area (Å²) in [5, 5.41) is 15.6. The highest BCUT2D eigenvalue weighted by atomic mass is 15.1. The van der Waals surface area contributed by atoms with Gasteiger partial charge >= 0.3 is 0 Å². The molecule has 1 aromatic heterocycles. The van der Waals surface area contributed by atoms with Gasteiger partial charge in [-0.15, -0.1) is 0 Å². The van der Waals surface area contributed by atoms with Gasteiger partial charge < -0.3 is 10.6 Å². The van der Waals surface area contributed by atoms with E-state index in [1.807, 2.05) is 31.2 Å². The van der Waals surface area contributed by atoms with E-state index in [-0.39, 0.29) is 0 Å². The number of hydrogen-bond acceptors (Lipinski definition) is 5. The fraction of sp³-hybridized carbons (Fsp3) is 0.312. The molecule has 2 N–H and O–H groups in total. The maximum Gasteiger partial charge on any atom is 0.136 e. The van der Waals surface area contributed by atoms with Crippen LogP contribution in [-0.4, -0.2) is 16.0 Å². The molecule has 21 heavy (non-hydrogen) atoms. The Bertz CT molecular complexity index is 660. The summed E-state index contributed by atoms with van der Waals surface area (Å²) < 4.78 is 0. The summed E-state index contributed by atoms with van der Waals surface area (Å²) >= 11 is 0. The molecule has 0 bridgehead atoms. The van der Waals surface area contributed by atoms with Crippen LogP contribution in [0, 0.1) is 18.3 Å². The van der Waals surface area contributed by atoms with E-state index in [9.17, 15) is 0 Å². The van der Waals surface area contributed by atoms with Crippen molar-refractivity contribution in [3.05, 3.63) is 41.7 Å². The van der Waals surface area contributed by atoms with Crippen LogP contribution in [0.1, 0.15) is 31.7 Å². The van der Waals surface area contributed by atoms with Gasteiger partial charge in [-0.25, -0.2) is 9.97 Å². The van der Waals surface area contributed by atoms with E-state index < -0.39 is 0 Å². The van der Waals surface area contributed by atoms with Crippen LogP contribution in [0.15, 0.2) is 30.3 Å². The minimum Gasteiger partial charge on any atom is -0.367 e. The number of aromatic nitrogens is 2. The van der Waals surface area contributed by atoms with Crippen molar-refractivity contribution in [3.63, 3.8) is 0 Å². The third-order valence-corrected chi connectivity index (χ3v) is 3.15. The van der Waals surface area contributed by atoms with E-state index in [0.29, 0.717) is 23.2 Å². The molecule has 0 saturated carbocycles. The largest absolute Gasteiger partial charge is 0.367 e. The zero-order chi connectivity index (χ0) is 15.2. The molecule has 1 atom stereocenters. The Morgan fingerprint density at radius 2 is 1.95 bits per heavy atom. The average Bonchev–Trinajstić information content (AvgIpc) is 2.47. The van der Waals surface area contributed by atoms with Crippen molar-refractivity contribution in [2.24, 2.45) is 0 Å². The number of rotatable bonds is 5. The van der Waals surface area contributed by atoms with Gasteiger partial charge in [0, 0.05) is 12.1 Å². The molecule has 2 aromatic rings. The second kappa shape index (κ2) is 6.71. The lowest BCUT2D eigenvalue weighted by Crippen LogP contribution is -2.15. The van der Waals surface area contributed by atoms with Crippen molar-refractivity contribution in [3.8, 4) is 6.07 Å². The lowest BCUT2D eigenvalue weighted by atomic mass is 10.2. The molecule has 0 radical (unpaired) electrons. The maximum absolute atomic E-state index is 9.12. The second-order valence-electron chi connectivity index (χ2n) is 4.92. The molecular formula is C16H19N5. The average molecular weight is 281 g/mol. The van der Waals surface area contributed by atoms with Crippen molar-refractivity contribution in [1.29, 1.82) is 5.26 Å². The second-order valence-corrected chi connectivity index (χ2v) is 4.92. The molecule has 0 spiro atoms. The maximum atomic E-state index is 9.12. The number of nitrogens with zero attached hydrogens (tertiary/aromatic N) is 3. The molecular weight excluding hydrogens is 262 g/mol. The monoisotopic (exact) mass is 281 g/mol. The van der Waals surface area contributed by atoms with E-state index in [1.54, 1.807) is 6.07 Å². The van der Waals surface area contributed by atoms with Gasteiger partial charge in [0.15, 0.2) is 0 Å². The van der Waals surface area contributed by atoms with Crippen LogP contribution in [-0.2, 0) is 0 Å². The molecule has 5 heteroatoms. The molecule has 0 aliphatic rings. The number of aryl methyl sites for hydroxylation is 1. The van der Waals surface area contributed by atoms with Gasteiger partial charge in [0.25, 0.3) is 0 Å². The fourth-order valence-electron chi connectivity index (χ4n) is 1.89. The smallest absolute Gasteiger partial charge is 0.136 e. The van der Waals surface area contributed by atoms with Crippen LogP contribution in [0.4, 0.5) is 17.3 Å². The minimum atomic E-state index is 0.346. The van der Waals surface area contributed by atoms with E-state index in [0.717, 1.165) is 17.9 Å². The van der Waals surface area contributed by atoms with Crippen LogP contribution in [0.25, 0.3) is 0 Å². The van der Waals surface area contributed by atoms with Gasteiger partial charge in [0.2, 0.25) is 0 Å². The Morgan fingerprint density at radius 1 is 1.24 bits per heavy atom. The highest BCUT2D eigenvalue weighted by Gasteiger charge is 2.07. The van der Waals surface area contributed by atoms with Gasteiger partial charge in [0.1, 0.15) is 23.5 Å². The van der Waals surface area contributed by atoms with Gasteiger partial charge in [-0.2, -0.15) is 5.26 Å². The molecule has 1 unspecified atom stereocenters. The van der Waals surface area contributed by atoms with Gasteiger partial charge in [-0.05, 0) is 32.4 Å². The number of benzene rings is 1. The van der Waals surface area contributed by atoms with Crippen LogP contribution in [0.2, 0.25) is 0 Å². The van der Waals surface area contributed by atoms with Crippen LogP contribution in [0.3, 0.4) is 0 Å². The summed E-state index contributed by atoms with van der Waals surface area (Å²) in [4.78, 5) is 8.74. The first-order chi connectivity index (χ1) is 10.1. The summed E-state index contributed by atoms with van der Waals surface area (Å²) in [6.07, 6.45) is 1.02. The predicted molar refractivity (Wildman–Crippen MR) is 84.6 cm³/mol. The van der Waals surface area contributed by atoms with Gasteiger partial charge in [-0.1, -0.05) is 19.1 Å². The number of hydrogen-bond donors (Lipinski definition) is 2. The number of para-hydroxylation sites is 1. The Labute approximate surface area is 125 Å². The van der Waals surface area contributed by atoms with Crippen molar-refractivity contribution in [1.82, 2.24) is 9.97 Å². The van der Waals surface area contributed by atoms with E-state index in [4.69, 9.17) is 5.26 Å². The molecule has 1 aromatic carbocycles. The summed E-state index contributed by atoms with van der Waals surface area (Å²) in [5.41, 5.74) is 1.33. The molecule has 0 aliphatic heterocycles. The Hall–Kier alpha value is -2.61. The molecule has 2 rings (SSSR count).